The number of likely N-dealkylation sites (tertiary alicyclic amines) is 1. The molecule has 2 aliphatic rings. The highest BCUT2D eigenvalue weighted by Crippen LogP contribution is 2.33. The monoisotopic (exact) mass is 333 g/mol. The standard InChI is InChI=1S/C21H23N3O/c25-18-7-4-6-16(12-18)14-23-21-17(15-24-10-2-1-3-11-24)13-20-19(21)8-5-9-22-20/h4-9,12,14,25H,1-3,10-11,13,15H2. The molecule has 0 saturated carbocycles. The van der Waals surface area contributed by atoms with E-state index in [0.717, 1.165) is 35.5 Å². The Labute approximate surface area is 148 Å². The van der Waals surface area contributed by atoms with Crippen LogP contribution in [-0.4, -0.2) is 40.8 Å². The second-order valence-corrected chi connectivity index (χ2v) is 6.82. The molecule has 25 heavy (non-hydrogen) atoms. The number of hydrogen-bond donors (Lipinski definition) is 1. The molecule has 0 amide bonds. The Bertz CT molecular complexity index is 819. The zero-order valence-electron chi connectivity index (χ0n) is 14.4. The Morgan fingerprint density at radius 1 is 1.12 bits per heavy atom. The van der Waals surface area contributed by atoms with Crippen molar-refractivity contribution < 1.29 is 5.11 Å². The van der Waals surface area contributed by atoms with Crippen LogP contribution >= 0.6 is 0 Å². The number of piperidine rings is 1. The second kappa shape index (κ2) is 7.19. The summed E-state index contributed by atoms with van der Waals surface area (Å²) in [7, 11) is 0. The van der Waals surface area contributed by atoms with Gasteiger partial charge in [0.05, 0.1) is 11.4 Å². The molecule has 1 N–H and O–H groups in total. The first-order valence-corrected chi connectivity index (χ1v) is 9.01. The maximum atomic E-state index is 9.64. The summed E-state index contributed by atoms with van der Waals surface area (Å²) >= 11 is 0. The molecule has 1 saturated heterocycles. The van der Waals surface area contributed by atoms with Gasteiger partial charge in [0.25, 0.3) is 0 Å². The molecule has 0 spiro atoms. The number of pyridine rings is 1. The zero-order valence-corrected chi connectivity index (χ0v) is 14.4. The molecule has 1 aliphatic heterocycles. The average Bonchev–Trinajstić information content (AvgIpc) is 2.98. The van der Waals surface area contributed by atoms with Crippen molar-refractivity contribution in [2.75, 3.05) is 19.6 Å². The van der Waals surface area contributed by atoms with E-state index >= 15 is 0 Å². The fourth-order valence-electron chi connectivity index (χ4n) is 3.69. The van der Waals surface area contributed by atoms with Gasteiger partial charge in [-0.1, -0.05) is 18.6 Å². The van der Waals surface area contributed by atoms with Crippen molar-refractivity contribution in [3.8, 4) is 5.75 Å². The fraction of sp³-hybridized carbons (Fsp3) is 0.333. The molecule has 1 fully saturated rings. The molecule has 0 bridgehead atoms. The van der Waals surface area contributed by atoms with E-state index < -0.39 is 0 Å². The highest BCUT2D eigenvalue weighted by atomic mass is 16.3. The molecule has 2 aromatic rings. The lowest BCUT2D eigenvalue weighted by Crippen LogP contribution is -2.31. The van der Waals surface area contributed by atoms with Crippen LogP contribution in [0.4, 0.5) is 0 Å². The van der Waals surface area contributed by atoms with Crippen molar-refractivity contribution in [3.05, 3.63) is 65.0 Å². The molecule has 0 atom stereocenters. The van der Waals surface area contributed by atoms with E-state index in [0.29, 0.717) is 0 Å². The van der Waals surface area contributed by atoms with Gasteiger partial charge in [0.15, 0.2) is 0 Å². The number of aromatic nitrogens is 1. The minimum Gasteiger partial charge on any atom is -0.508 e. The number of rotatable bonds is 4. The first kappa shape index (κ1) is 16.0. The summed E-state index contributed by atoms with van der Waals surface area (Å²) in [5, 5.41) is 9.64. The third kappa shape index (κ3) is 3.64. The number of benzene rings is 1. The highest BCUT2D eigenvalue weighted by molar-refractivity contribution is 5.88. The smallest absolute Gasteiger partial charge is 0.116 e. The van der Waals surface area contributed by atoms with Crippen LogP contribution in [0.15, 0.2) is 53.2 Å². The number of phenols is 1. The Balaban J connectivity index is 1.63. The van der Waals surface area contributed by atoms with Crippen molar-refractivity contribution in [2.24, 2.45) is 4.99 Å². The summed E-state index contributed by atoms with van der Waals surface area (Å²) in [6.45, 7) is 3.33. The molecule has 1 aromatic heterocycles. The van der Waals surface area contributed by atoms with E-state index in [-0.39, 0.29) is 5.75 Å². The van der Waals surface area contributed by atoms with Gasteiger partial charge in [-0.2, -0.15) is 0 Å². The van der Waals surface area contributed by atoms with Crippen LogP contribution in [0.1, 0.15) is 36.1 Å². The van der Waals surface area contributed by atoms with Gasteiger partial charge in [0, 0.05) is 30.9 Å². The van der Waals surface area contributed by atoms with Gasteiger partial charge in [0.1, 0.15) is 5.75 Å². The van der Waals surface area contributed by atoms with E-state index in [1.165, 1.54) is 37.9 Å². The van der Waals surface area contributed by atoms with Gasteiger partial charge < -0.3 is 5.11 Å². The molecular weight excluding hydrogens is 310 g/mol. The van der Waals surface area contributed by atoms with Crippen molar-refractivity contribution in [1.29, 1.82) is 0 Å². The minimum absolute atomic E-state index is 0.264. The first-order chi connectivity index (χ1) is 12.3. The maximum Gasteiger partial charge on any atom is 0.116 e. The maximum absolute atomic E-state index is 9.64. The number of nitrogens with zero attached hydrogens (tertiary/aromatic N) is 3. The topological polar surface area (TPSA) is 48.7 Å². The summed E-state index contributed by atoms with van der Waals surface area (Å²) in [4.78, 5) is 11.9. The van der Waals surface area contributed by atoms with E-state index in [4.69, 9.17) is 4.99 Å². The molecule has 1 aromatic carbocycles. The van der Waals surface area contributed by atoms with Gasteiger partial charge in [-0.05, 0) is 61.3 Å². The van der Waals surface area contributed by atoms with E-state index in [9.17, 15) is 5.11 Å². The summed E-state index contributed by atoms with van der Waals surface area (Å²) < 4.78 is 0. The number of phenolic OH excluding ortho intramolecular Hbond substituents is 1. The van der Waals surface area contributed by atoms with Crippen molar-refractivity contribution in [2.45, 2.75) is 25.7 Å². The van der Waals surface area contributed by atoms with Crippen LogP contribution in [0.5, 0.6) is 5.75 Å². The lowest BCUT2D eigenvalue weighted by molar-refractivity contribution is 0.246. The number of fused-ring (bicyclic) bond motifs is 1. The molecule has 128 valence electrons. The third-order valence-electron chi connectivity index (χ3n) is 4.94. The second-order valence-electron chi connectivity index (χ2n) is 6.82. The SMILES string of the molecule is Oc1cccc(C=NC2=C(CN3CCCCC3)Cc3ncccc32)c1. The first-order valence-electron chi connectivity index (χ1n) is 9.01. The Hall–Kier alpha value is -2.46. The van der Waals surface area contributed by atoms with Crippen molar-refractivity contribution in [3.63, 3.8) is 0 Å². The Morgan fingerprint density at radius 3 is 2.84 bits per heavy atom. The van der Waals surface area contributed by atoms with Crippen LogP contribution < -0.4 is 0 Å². The normalized spacial score (nSPS) is 18.1. The molecule has 1 aliphatic carbocycles. The fourth-order valence-corrected chi connectivity index (χ4v) is 3.69. The third-order valence-corrected chi connectivity index (χ3v) is 4.94. The average molecular weight is 333 g/mol. The largest absolute Gasteiger partial charge is 0.508 e. The minimum atomic E-state index is 0.264. The van der Waals surface area contributed by atoms with Crippen LogP contribution in [0.3, 0.4) is 0 Å². The van der Waals surface area contributed by atoms with Crippen LogP contribution in [0.25, 0.3) is 5.70 Å². The van der Waals surface area contributed by atoms with E-state index in [1.807, 2.05) is 30.6 Å². The van der Waals surface area contributed by atoms with Gasteiger partial charge in [0.2, 0.25) is 0 Å². The predicted octanol–water partition coefficient (Wildman–Crippen LogP) is 3.66. The van der Waals surface area contributed by atoms with Gasteiger partial charge >= 0.3 is 0 Å². The summed E-state index contributed by atoms with van der Waals surface area (Å²) in [5.74, 6) is 0.264. The summed E-state index contributed by atoms with van der Waals surface area (Å²) in [5.41, 5.74) is 5.58. The van der Waals surface area contributed by atoms with Crippen molar-refractivity contribution >= 4 is 11.9 Å². The lowest BCUT2D eigenvalue weighted by Gasteiger charge is -2.27. The summed E-state index contributed by atoms with van der Waals surface area (Å²) in [6.07, 6.45) is 8.52. The van der Waals surface area contributed by atoms with E-state index in [1.54, 1.807) is 12.1 Å². The summed E-state index contributed by atoms with van der Waals surface area (Å²) in [6, 6.07) is 11.3. The Kier molecular flexibility index (Phi) is 4.61. The molecule has 4 nitrogen and oxygen atoms in total. The van der Waals surface area contributed by atoms with Gasteiger partial charge in [-0.15, -0.1) is 0 Å². The molecule has 0 unspecified atom stereocenters. The number of aliphatic imine (C=N–C) groups is 1. The molecule has 4 rings (SSSR count). The van der Waals surface area contributed by atoms with Crippen molar-refractivity contribution in [1.82, 2.24) is 9.88 Å². The molecule has 2 heterocycles. The molecule has 4 heteroatoms. The number of aromatic hydroxyl groups is 1. The zero-order chi connectivity index (χ0) is 17.1. The van der Waals surface area contributed by atoms with E-state index in [2.05, 4.69) is 16.0 Å². The molecular formula is C21H23N3O. The number of hydrogen-bond acceptors (Lipinski definition) is 4. The van der Waals surface area contributed by atoms with Crippen LogP contribution in [-0.2, 0) is 6.42 Å². The van der Waals surface area contributed by atoms with Gasteiger partial charge in [-0.3, -0.25) is 14.9 Å². The van der Waals surface area contributed by atoms with Crippen LogP contribution in [0, 0.1) is 0 Å². The quantitative estimate of drug-likeness (QED) is 0.869. The molecule has 0 radical (unpaired) electrons. The highest BCUT2D eigenvalue weighted by Gasteiger charge is 2.24. The Morgan fingerprint density at radius 2 is 2.00 bits per heavy atom. The van der Waals surface area contributed by atoms with Crippen LogP contribution in [0.2, 0.25) is 0 Å². The lowest BCUT2D eigenvalue weighted by atomic mass is 10.1. The van der Waals surface area contributed by atoms with Gasteiger partial charge in [-0.25, -0.2) is 0 Å². The predicted molar refractivity (Wildman–Crippen MR) is 101 cm³/mol.